The number of hydrogen-bond donors (Lipinski definition) is 2. The Morgan fingerprint density at radius 1 is 1.31 bits per heavy atom. The number of carbonyl (C=O) groups is 3. The van der Waals surface area contributed by atoms with Crippen LogP contribution in [0.2, 0.25) is 0 Å². The molecule has 152 valence electrons. The van der Waals surface area contributed by atoms with E-state index in [-0.39, 0.29) is 23.0 Å². The van der Waals surface area contributed by atoms with Crippen molar-refractivity contribution in [2.24, 2.45) is 11.3 Å². The standard InChI is InChI=1S/C20H23N5O3S/c1-4-21-13-6-5-11(10-22-13)15(26)14-16(27)17-12(9-20(14)7-8-20)23-18(29-17)24-19(28)25(2)3/h5-6,10,14H,4,7-9H2,1-3H3,(H,21,22)(H,23,24,28). The molecule has 1 unspecified atom stereocenters. The number of amides is 2. The smallest absolute Gasteiger partial charge is 0.323 e. The summed E-state index contributed by atoms with van der Waals surface area (Å²) in [5, 5.41) is 6.19. The Morgan fingerprint density at radius 2 is 2.07 bits per heavy atom. The number of hydrogen-bond acceptors (Lipinski definition) is 7. The molecule has 9 heteroatoms. The van der Waals surface area contributed by atoms with E-state index in [4.69, 9.17) is 0 Å². The number of rotatable bonds is 5. The zero-order chi connectivity index (χ0) is 20.8. The topological polar surface area (TPSA) is 104 Å². The number of urea groups is 1. The van der Waals surface area contributed by atoms with E-state index >= 15 is 0 Å². The molecule has 2 amide bonds. The number of fused-ring (bicyclic) bond motifs is 1. The van der Waals surface area contributed by atoms with Gasteiger partial charge in [-0.25, -0.2) is 14.8 Å². The second-order valence-corrected chi connectivity index (χ2v) is 8.78. The molecule has 0 saturated heterocycles. The molecule has 0 aromatic carbocycles. The van der Waals surface area contributed by atoms with Gasteiger partial charge in [-0.15, -0.1) is 0 Å². The molecule has 2 heterocycles. The lowest BCUT2D eigenvalue weighted by atomic mass is 9.73. The van der Waals surface area contributed by atoms with Crippen molar-refractivity contribution in [2.45, 2.75) is 26.2 Å². The highest BCUT2D eigenvalue weighted by Gasteiger charge is 2.59. The van der Waals surface area contributed by atoms with Gasteiger partial charge in [-0.3, -0.25) is 14.9 Å². The Kier molecular flexibility index (Phi) is 4.85. The molecule has 29 heavy (non-hydrogen) atoms. The van der Waals surface area contributed by atoms with Crippen LogP contribution in [0, 0.1) is 11.3 Å². The van der Waals surface area contributed by atoms with Gasteiger partial charge in [0.05, 0.1) is 16.5 Å². The first kappa shape index (κ1) is 19.5. The van der Waals surface area contributed by atoms with E-state index in [1.165, 1.54) is 11.1 Å². The molecule has 0 radical (unpaired) electrons. The lowest BCUT2D eigenvalue weighted by molar-refractivity contribution is 0.0718. The van der Waals surface area contributed by atoms with Crippen molar-refractivity contribution in [3.63, 3.8) is 0 Å². The molecule has 2 N–H and O–H groups in total. The van der Waals surface area contributed by atoms with Crippen molar-refractivity contribution < 1.29 is 14.4 Å². The number of anilines is 2. The third kappa shape index (κ3) is 3.50. The fourth-order valence-electron chi connectivity index (χ4n) is 3.78. The highest BCUT2D eigenvalue weighted by Crippen LogP contribution is 2.59. The Labute approximate surface area is 172 Å². The van der Waals surface area contributed by atoms with E-state index in [0.717, 1.165) is 30.7 Å². The molecule has 2 aromatic heterocycles. The first-order valence-electron chi connectivity index (χ1n) is 9.61. The summed E-state index contributed by atoms with van der Waals surface area (Å²) in [5.74, 6) is -0.376. The summed E-state index contributed by atoms with van der Waals surface area (Å²) < 4.78 is 0. The van der Waals surface area contributed by atoms with Crippen molar-refractivity contribution in [3.05, 3.63) is 34.5 Å². The maximum atomic E-state index is 13.3. The number of nitrogens with zero attached hydrogens (tertiary/aromatic N) is 3. The van der Waals surface area contributed by atoms with Crippen LogP contribution in [0.15, 0.2) is 18.3 Å². The van der Waals surface area contributed by atoms with Crippen LogP contribution in [0.4, 0.5) is 15.7 Å². The molecule has 2 aliphatic rings. The summed E-state index contributed by atoms with van der Waals surface area (Å²) in [6, 6.07) is 3.18. The predicted octanol–water partition coefficient (Wildman–Crippen LogP) is 3.08. The minimum atomic E-state index is -0.709. The van der Waals surface area contributed by atoms with Crippen LogP contribution < -0.4 is 10.6 Å². The summed E-state index contributed by atoms with van der Waals surface area (Å²) in [5.41, 5.74) is 0.792. The SMILES string of the molecule is CCNc1ccc(C(=O)C2C(=O)c3sc(NC(=O)N(C)C)nc3CC23CC3)cn1. The van der Waals surface area contributed by atoms with Crippen molar-refractivity contribution in [1.29, 1.82) is 0 Å². The van der Waals surface area contributed by atoms with Gasteiger partial charge in [-0.1, -0.05) is 11.3 Å². The van der Waals surface area contributed by atoms with Gasteiger partial charge >= 0.3 is 6.03 Å². The highest BCUT2D eigenvalue weighted by atomic mass is 32.1. The van der Waals surface area contributed by atoms with Gasteiger partial charge in [0.1, 0.15) is 5.82 Å². The van der Waals surface area contributed by atoms with Crippen LogP contribution in [0.1, 0.15) is 45.5 Å². The molecule has 1 fully saturated rings. The van der Waals surface area contributed by atoms with E-state index in [2.05, 4.69) is 20.6 Å². The first-order chi connectivity index (χ1) is 13.8. The van der Waals surface area contributed by atoms with Gasteiger partial charge < -0.3 is 10.2 Å². The summed E-state index contributed by atoms with van der Waals surface area (Å²) in [6.07, 6.45) is 3.78. The quantitative estimate of drug-likeness (QED) is 0.577. The molecule has 1 spiro atoms. The Bertz CT molecular complexity index is 979. The van der Waals surface area contributed by atoms with E-state index in [9.17, 15) is 14.4 Å². The predicted molar refractivity (Wildman–Crippen MR) is 111 cm³/mol. The average Bonchev–Trinajstić information content (AvgIpc) is 3.32. The maximum absolute atomic E-state index is 13.3. The molecular weight excluding hydrogens is 390 g/mol. The van der Waals surface area contributed by atoms with E-state index in [1.54, 1.807) is 26.2 Å². The number of thiazole rings is 1. The normalized spacial score (nSPS) is 18.9. The fraction of sp³-hybridized carbons (Fsp3) is 0.450. The number of ketones is 2. The minimum absolute atomic E-state index is 0.180. The van der Waals surface area contributed by atoms with Crippen molar-refractivity contribution in [3.8, 4) is 0 Å². The van der Waals surface area contributed by atoms with Crippen molar-refractivity contribution in [2.75, 3.05) is 31.3 Å². The van der Waals surface area contributed by atoms with Gasteiger partial charge in [0.2, 0.25) is 0 Å². The molecule has 1 atom stereocenters. The zero-order valence-electron chi connectivity index (χ0n) is 16.6. The molecule has 4 rings (SSSR count). The van der Waals surface area contributed by atoms with E-state index in [0.29, 0.717) is 33.5 Å². The molecule has 0 bridgehead atoms. The number of nitrogens with one attached hydrogen (secondary N) is 2. The highest BCUT2D eigenvalue weighted by molar-refractivity contribution is 7.17. The van der Waals surface area contributed by atoms with Gasteiger partial charge in [-0.05, 0) is 43.7 Å². The van der Waals surface area contributed by atoms with E-state index in [1.807, 2.05) is 6.92 Å². The summed E-state index contributed by atoms with van der Waals surface area (Å²) in [7, 11) is 3.27. The van der Waals surface area contributed by atoms with Crippen LogP contribution in [-0.4, -0.2) is 53.1 Å². The number of carbonyl (C=O) groups excluding carboxylic acids is 3. The zero-order valence-corrected chi connectivity index (χ0v) is 17.4. The van der Waals surface area contributed by atoms with Crippen LogP contribution >= 0.6 is 11.3 Å². The van der Waals surface area contributed by atoms with Gasteiger partial charge in [-0.2, -0.15) is 0 Å². The second-order valence-electron chi connectivity index (χ2n) is 7.78. The van der Waals surface area contributed by atoms with Crippen LogP contribution in [0.5, 0.6) is 0 Å². The fourth-order valence-corrected chi connectivity index (χ4v) is 4.72. The second kappa shape index (κ2) is 7.22. The summed E-state index contributed by atoms with van der Waals surface area (Å²) in [4.78, 5) is 49.1. The van der Waals surface area contributed by atoms with E-state index < -0.39 is 5.92 Å². The van der Waals surface area contributed by atoms with Crippen LogP contribution in [-0.2, 0) is 6.42 Å². The lowest BCUT2D eigenvalue weighted by Crippen LogP contribution is -2.38. The summed E-state index contributed by atoms with van der Waals surface area (Å²) >= 11 is 1.15. The van der Waals surface area contributed by atoms with Crippen LogP contribution in [0.25, 0.3) is 0 Å². The molecule has 1 saturated carbocycles. The third-order valence-corrected chi connectivity index (χ3v) is 6.52. The Hall–Kier alpha value is -2.81. The van der Waals surface area contributed by atoms with Gasteiger partial charge in [0.15, 0.2) is 16.7 Å². The number of pyridine rings is 1. The maximum Gasteiger partial charge on any atom is 0.323 e. The Balaban J connectivity index is 1.61. The van der Waals surface area contributed by atoms with Gasteiger partial charge in [0.25, 0.3) is 0 Å². The van der Waals surface area contributed by atoms with Crippen molar-refractivity contribution >= 4 is 39.9 Å². The van der Waals surface area contributed by atoms with Crippen molar-refractivity contribution in [1.82, 2.24) is 14.9 Å². The van der Waals surface area contributed by atoms with Crippen LogP contribution in [0.3, 0.4) is 0 Å². The molecular formula is C20H23N5O3S. The van der Waals surface area contributed by atoms with Gasteiger partial charge in [0, 0.05) is 32.4 Å². The monoisotopic (exact) mass is 413 g/mol. The lowest BCUT2D eigenvalue weighted by Gasteiger charge is -2.28. The largest absolute Gasteiger partial charge is 0.370 e. The summed E-state index contributed by atoms with van der Waals surface area (Å²) in [6.45, 7) is 2.71. The molecule has 2 aromatic rings. The number of aromatic nitrogens is 2. The molecule has 8 nitrogen and oxygen atoms in total. The number of Topliss-reactive ketones (excluding diaryl/α,β-unsaturated/α-hetero) is 2. The molecule has 2 aliphatic carbocycles. The average molecular weight is 414 g/mol. The minimum Gasteiger partial charge on any atom is -0.370 e. The first-order valence-corrected chi connectivity index (χ1v) is 10.4. The third-order valence-electron chi connectivity index (χ3n) is 5.50. The Morgan fingerprint density at radius 3 is 2.66 bits per heavy atom. The molecule has 0 aliphatic heterocycles.